The molecule has 0 aliphatic carbocycles. The molecule has 1 aliphatic rings. The summed E-state index contributed by atoms with van der Waals surface area (Å²) in [6.45, 7) is 0.816. The third-order valence-corrected chi connectivity index (χ3v) is 5.52. The van der Waals surface area contributed by atoms with Crippen molar-refractivity contribution in [2.75, 3.05) is 13.7 Å². The highest BCUT2D eigenvalue weighted by atomic mass is 16.5. The Morgan fingerprint density at radius 1 is 1.17 bits per heavy atom. The molecule has 1 saturated heterocycles. The summed E-state index contributed by atoms with van der Waals surface area (Å²) >= 11 is 0. The molecular formula is C22H25N5O2. The Hall–Kier alpha value is -3.22. The van der Waals surface area contributed by atoms with E-state index >= 15 is 0 Å². The fraction of sp³-hybridized carbons (Fsp3) is 0.364. The molecule has 0 unspecified atom stereocenters. The van der Waals surface area contributed by atoms with Crippen LogP contribution in [-0.4, -0.2) is 50.7 Å². The van der Waals surface area contributed by atoms with Crippen LogP contribution < -0.4 is 4.74 Å². The second-order valence-electron chi connectivity index (χ2n) is 7.34. The molecule has 0 spiro atoms. The molecule has 0 bridgehead atoms. The first-order valence-corrected chi connectivity index (χ1v) is 10.0. The van der Waals surface area contributed by atoms with Crippen LogP contribution in [0.15, 0.2) is 54.9 Å². The first-order chi connectivity index (χ1) is 14.2. The van der Waals surface area contributed by atoms with Crippen molar-refractivity contribution in [2.45, 2.75) is 38.1 Å². The molecule has 2 heterocycles. The van der Waals surface area contributed by atoms with Gasteiger partial charge in [-0.15, -0.1) is 5.10 Å². The molecule has 0 saturated carbocycles. The third kappa shape index (κ3) is 4.45. The second kappa shape index (κ2) is 8.86. The number of ether oxygens (including phenoxy) is 1. The Balaban J connectivity index is 1.44. The Kier molecular flexibility index (Phi) is 5.84. The van der Waals surface area contributed by atoms with Crippen LogP contribution in [-0.2, 0) is 6.42 Å². The average Bonchev–Trinajstić information content (AvgIpc) is 3.33. The molecule has 1 atom stereocenters. The van der Waals surface area contributed by atoms with Crippen molar-refractivity contribution in [1.82, 2.24) is 25.1 Å². The highest BCUT2D eigenvalue weighted by Crippen LogP contribution is 2.24. The van der Waals surface area contributed by atoms with Crippen LogP contribution in [0.5, 0.6) is 5.75 Å². The molecule has 2 aromatic carbocycles. The standard InChI is InChI=1S/C22H25N5O2/c1-29-21-7-4-5-17(15-21)8-11-19-6-2-3-14-26(19)22(28)18-9-12-20(13-10-18)27-16-23-24-25-27/h4-5,7,9-10,12-13,15-16,19H,2-3,6,8,11,14H2,1H3/t19-/m0/s1. The number of hydrogen-bond acceptors (Lipinski definition) is 5. The summed E-state index contributed by atoms with van der Waals surface area (Å²) in [4.78, 5) is 15.2. The fourth-order valence-electron chi connectivity index (χ4n) is 3.93. The lowest BCUT2D eigenvalue weighted by molar-refractivity contribution is 0.0602. The number of piperidine rings is 1. The number of aromatic nitrogens is 4. The number of rotatable bonds is 6. The number of methoxy groups -OCH3 is 1. The number of tetrazole rings is 1. The van der Waals surface area contributed by atoms with Gasteiger partial charge in [0.2, 0.25) is 0 Å². The van der Waals surface area contributed by atoms with E-state index in [9.17, 15) is 4.79 Å². The highest BCUT2D eigenvalue weighted by molar-refractivity contribution is 5.94. The van der Waals surface area contributed by atoms with E-state index in [1.54, 1.807) is 11.8 Å². The molecule has 1 aliphatic heterocycles. The maximum absolute atomic E-state index is 13.2. The lowest BCUT2D eigenvalue weighted by Gasteiger charge is -2.36. The number of likely N-dealkylation sites (tertiary alicyclic amines) is 1. The molecule has 0 N–H and O–H groups in total. The first-order valence-electron chi connectivity index (χ1n) is 10.0. The van der Waals surface area contributed by atoms with Crippen molar-refractivity contribution in [3.63, 3.8) is 0 Å². The highest BCUT2D eigenvalue weighted by Gasteiger charge is 2.27. The maximum Gasteiger partial charge on any atom is 0.254 e. The smallest absolute Gasteiger partial charge is 0.254 e. The predicted octanol–water partition coefficient (Wildman–Crippen LogP) is 3.30. The van der Waals surface area contributed by atoms with E-state index in [2.05, 4.69) is 32.6 Å². The van der Waals surface area contributed by atoms with Gasteiger partial charge in [-0.25, -0.2) is 4.68 Å². The average molecular weight is 391 g/mol. The van der Waals surface area contributed by atoms with Crippen molar-refractivity contribution >= 4 is 5.91 Å². The molecule has 7 heteroatoms. The predicted molar refractivity (Wildman–Crippen MR) is 109 cm³/mol. The van der Waals surface area contributed by atoms with Gasteiger partial charge in [-0.2, -0.15) is 0 Å². The van der Waals surface area contributed by atoms with Crippen LogP contribution in [0.3, 0.4) is 0 Å². The summed E-state index contributed by atoms with van der Waals surface area (Å²) in [5.74, 6) is 0.977. The molecule has 1 amide bonds. The molecule has 4 rings (SSSR count). The van der Waals surface area contributed by atoms with Crippen LogP contribution >= 0.6 is 0 Å². The molecule has 1 fully saturated rings. The van der Waals surface area contributed by atoms with E-state index < -0.39 is 0 Å². The van der Waals surface area contributed by atoms with Crippen molar-refractivity contribution in [1.29, 1.82) is 0 Å². The lowest BCUT2D eigenvalue weighted by atomic mass is 9.95. The van der Waals surface area contributed by atoms with Crippen LogP contribution in [0.1, 0.15) is 41.6 Å². The van der Waals surface area contributed by atoms with Crippen LogP contribution in [0.4, 0.5) is 0 Å². The first kappa shape index (κ1) is 19.1. The summed E-state index contributed by atoms with van der Waals surface area (Å²) in [5, 5.41) is 11.2. The Morgan fingerprint density at radius 2 is 2.03 bits per heavy atom. The zero-order chi connectivity index (χ0) is 20.1. The monoisotopic (exact) mass is 391 g/mol. The van der Waals surface area contributed by atoms with Crippen molar-refractivity contribution < 1.29 is 9.53 Å². The molecular weight excluding hydrogens is 366 g/mol. The van der Waals surface area contributed by atoms with Gasteiger partial charge >= 0.3 is 0 Å². The van der Waals surface area contributed by atoms with Crippen LogP contribution in [0.25, 0.3) is 5.69 Å². The van der Waals surface area contributed by atoms with E-state index in [4.69, 9.17) is 4.74 Å². The van der Waals surface area contributed by atoms with E-state index in [1.807, 2.05) is 36.4 Å². The molecule has 7 nitrogen and oxygen atoms in total. The normalized spacial score (nSPS) is 16.6. The van der Waals surface area contributed by atoms with Crippen LogP contribution in [0, 0.1) is 0 Å². The van der Waals surface area contributed by atoms with Gasteiger partial charge in [-0.1, -0.05) is 12.1 Å². The molecule has 29 heavy (non-hydrogen) atoms. The van der Waals surface area contributed by atoms with Gasteiger partial charge in [0.15, 0.2) is 0 Å². The van der Waals surface area contributed by atoms with E-state index in [1.165, 1.54) is 18.3 Å². The summed E-state index contributed by atoms with van der Waals surface area (Å²) in [6.07, 6.45) is 6.72. The van der Waals surface area contributed by atoms with Crippen LogP contribution in [0.2, 0.25) is 0 Å². The number of nitrogens with zero attached hydrogens (tertiary/aromatic N) is 5. The number of carbonyl (C=O) groups is 1. The van der Waals surface area contributed by atoms with Gasteiger partial charge in [0.05, 0.1) is 12.8 Å². The Bertz CT molecular complexity index is 940. The van der Waals surface area contributed by atoms with Crippen molar-refractivity contribution in [3.8, 4) is 11.4 Å². The summed E-state index contributed by atoms with van der Waals surface area (Å²) in [5.41, 5.74) is 2.78. The molecule has 150 valence electrons. The van der Waals surface area contributed by atoms with Gasteiger partial charge in [0, 0.05) is 18.2 Å². The quantitative estimate of drug-likeness (QED) is 0.645. The zero-order valence-electron chi connectivity index (χ0n) is 16.6. The summed E-state index contributed by atoms with van der Waals surface area (Å²) in [7, 11) is 1.69. The largest absolute Gasteiger partial charge is 0.497 e. The van der Waals surface area contributed by atoms with Gasteiger partial charge < -0.3 is 9.64 Å². The molecule has 1 aromatic heterocycles. The third-order valence-electron chi connectivity index (χ3n) is 5.52. The lowest BCUT2D eigenvalue weighted by Crippen LogP contribution is -2.44. The topological polar surface area (TPSA) is 73.1 Å². The zero-order valence-corrected chi connectivity index (χ0v) is 16.6. The number of hydrogen-bond donors (Lipinski definition) is 0. The summed E-state index contributed by atoms with van der Waals surface area (Å²) < 4.78 is 6.90. The molecule has 3 aromatic rings. The van der Waals surface area contributed by atoms with Crippen molar-refractivity contribution in [3.05, 3.63) is 66.0 Å². The van der Waals surface area contributed by atoms with Crippen molar-refractivity contribution in [2.24, 2.45) is 0 Å². The van der Waals surface area contributed by atoms with E-state index in [0.29, 0.717) is 5.56 Å². The summed E-state index contributed by atoms with van der Waals surface area (Å²) in [6, 6.07) is 15.9. The molecule has 0 radical (unpaired) electrons. The van der Waals surface area contributed by atoms with Gasteiger partial charge in [-0.05, 0) is 84.5 Å². The minimum atomic E-state index is 0.101. The minimum absolute atomic E-state index is 0.101. The Morgan fingerprint density at radius 3 is 2.79 bits per heavy atom. The van der Waals surface area contributed by atoms with Gasteiger partial charge in [0.25, 0.3) is 5.91 Å². The SMILES string of the molecule is COc1cccc(CC[C@@H]2CCCCN2C(=O)c2ccc(-n3cnnn3)cc2)c1. The number of aryl methyl sites for hydroxylation is 1. The number of carbonyl (C=O) groups excluding carboxylic acids is 1. The van der Waals surface area contributed by atoms with Gasteiger partial charge in [-0.3, -0.25) is 4.79 Å². The maximum atomic E-state index is 13.2. The Labute approximate surface area is 170 Å². The number of benzene rings is 2. The van der Waals surface area contributed by atoms with Gasteiger partial charge in [0.1, 0.15) is 12.1 Å². The second-order valence-corrected chi connectivity index (χ2v) is 7.34. The fourth-order valence-corrected chi connectivity index (χ4v) is 3.93. The van der Waals surface area contributed by atoms with E-state index in [-0.39, 0.29) is 11.9 Å². The number of amides is 1. The minimum Gasteiger partial charge on any atom is -0.497 e. The van der Waals surface area contributed by atoms with E-state index in [0.717, 1.165) is 43.7 Å².